The molecule has 0 saturated carbocycles. The average Bonchev–Trinajstić information content (AvgIpc) is 3.08. The molecule has 0 spiro atoms. The number of hydrogen-bond acceptors (Lipinski definition) is 5. The molecule has 1 atom stereocenters. The number of hydrogen-bond donors (Lipinski definition) is 0. The van der Waals surface area contributed by atoms with E-state index in [0.29, 0.717) is 24.2 Å². The Morgan fingerprint density at radius 1 is 1.25 bits per heavy atom. The SMILES string of the molecule is COC(=O)[C@@H]1CCCN1CC1=C[Si](C)(C)CN(S(=O)(=O)c2ccc(C)cc2)C1. The number of carbonyl (C=O) groups is 1. The van der Waals surface area contributed by atoms with E-state index in [2.05, 4.69) is 23.7 Å². The van der Waals surface area contributed by atoms with Gasteiger partial charge in [-0.15, -0.1) is 0 Å². The molecule has 0 amide bonds. The van der Waals surface area contributed by atoms with Crippen LogP contribution in [0.4, 0.5) is 0 Å². The lowest BCUT2D eigenvalue weighted by atomic mass is 10.2. The Morgan fingerprint density at radius 2 is 1.93 bits per heavy atom. The summed E-state index contributed by atoms with van der Waals surface area (Å²) in [5.74, 6) is -0.199. The summed E-state index contributed by atoms with van der Waals surface area (Å²) in [5, 5.41) is 0. The Bertz CT molecular complexity index is 865. The Hall–Kier alpha value is -1.48. The van der Waals surface area contributed by atoms with E-state index in [-0.39, 0.29) is 12.0 Å². The molecule has 1 saturated heterocycles. The lowest BCUT2D eigenvalue weighted by molar-refractivity contribution is -0.145. The third-order valence-corrected chi connectivity index (χ3v) is 9.88. The van der Waals surface area contributed by atoms with E-state index in [1.807, 2.05) is 19.1 Å². The zero-order valence-electron chi connectivity index (χ0n) is 17.1. The van der Waals surface area contributed by atoms with Crippen LogP contribution in [0, 0.1) is 6.92 Å². The monoisotopic (exact) mass is 422 g/mol. The summed E-state index contributed by atoms with van der Waals surface area (Å²) in [6, 6.07) is 6.82. The Morgan fingerprint density at radius 3 is 2.57 bits per heavy atom. The summed E-state index contributed by atoms with van der Waals surface area (Å²) in [5.41, 5.74) is 4.44. The highest BCUT2D eigenvalue weighted by Gasteiger charge is 2.38. The van der Waals surface area contributed by atoms with Crippen molar-refractivity contribution in [3.05, 3.63) is 41.1 Å². The van der Waals surface area contributed by atoms with Crippen LogP contribution in [0.1, 0.15) is 18.4 Å². The van der Waals surface area contributed by atoms with Crippen molar-refractivity contribution < 1.29 is 17.9 Å². The topological polar surface area (TPSA) is 66.9 Å². The molecular weight excluding hydrogens is 392 g/mol. The molecule has 2 heterocycles. The third-order valence-electron chi connectivity index (χ3n) is 5.46. The second kappa shape index (κ2) is 8.10. The predicted octanol–water partition coefficient (Wildman–Crippen LogP) is 2.35. The normalized spacial score (nSPS) is 23.4. The van der Waals surface area contributed by atoms with Crippen molar-refractivity contribution in [2.45, 2.75) is 43.8 Å². The third kappa shape index (κ3) is 4.56. The van der Waals surface area contributed by atoms with Gasteiger partial charge in [-0.3, -0.25) is 9.69 Å². The fourth-order valence-corrected chi connectivity index (χ4v) is 9.38. The Kier molecular flexibility index (Phi) is 6.14. The van der Waals surface area contributed by atoms with Crippen LogP contribution in [-0.2, 0) is 19.6 Å². The summed E-state index contributed by atoms with van der Waals surface area (Å²) >= 11 is 0. The van der Waals surface area contributed by atoms with E-state index in [9.17, 15) is 13.2 Å². The van der Waals surface area contributed by atoms with Crippen LogP contribution >= 0.6 is 0 Å². The molecule has 0 aromatic heterocycles. The van der Waals surface area contributed by atoms with Crippen LogP contribution in [0.5, 0.6) is 0 Å². The maximum absolute atomic E-state index is 13.2. The molecule has 154 valence electrons. The van der Waals surface area contributed by atoms with E-state index in [1.54, 1.807) is 16.4 Å². The number of methoxy groups -OCH3 is 1. The number of esters is 1. The summed E-state index contributed by atoms with van der Waals surface area (Å²) in [6.45, 7) is 8.16. The maximum Gasteiger partial charge on any atom is 0.323 e. The number of aryl methyl sites for hydroxylation is 1. The quantitative estimate of drug-likeness (QED) is 0.538. The van der Waals surface area contributed by atoms with Crippen LogP contribution in [0.25, 0.3) is 0 Å². The first-order chi connectivity index (χ1) is 13.1. The van der Waals surface area contributed by atoms with Crippen molar-refractivity contribution in [3.63, 3.8) is 0 Å². The van der Waals surface area contributed by atoms with Crippen molar-refractivity contribution in [3.8, 4) is 0 Å². The zero-order chi connectivity index (χ0) is 20.5. The number of ether oxygens (including phenoxy) is 1. The van der Waals surface area contributed by atoms with E-state index in [4.69, 9.17) is 4.74 Å². The molecule has 0 N–H and O–H groups in total. The first kappa shape index (κ1) is 21.2. The van der Waals surface area contributed by atoms with Crippen molar-refractivity contribution in [1.29, 1.82) is 0 Å². The maximum atomic E-state index is 13.2. The fourth-order valence-electron chi connectivity index (χ4n) is 4.18. The van der Waals surface area contributed by atoms with Gasteiger partial charge in [-0.2, -0.15) is 4.31 Å². The van der Waals surface area contributed by atoms with Gasteiger partial charge in [0.2, 0.25) is 10.0 Å². The predicted molar refractivity (Wildman–Crippen MR) is 112 cm³/mol. The van der Waals surface area contributed by atoms with Gasteiger partial charge in [-0.05, 0) is 44.0 Å². The molecule has 0 unspecified atom stereocenters. The first-order valence-corrected chi connectivity index (χ1v) is 14.4. The number of likely N-dealkylation sites (tertiary alicyclic amines) is 1. The zero-order valence-corrected chi connectivity index (χ0v) is 19.0. The van der Waals surface area contributed by atoms with Gasteiger partial charge in [0.15, 0.2) is 0 Å². The van der Waals surface area contributed by atoms with E-state index < -0.39 is 18.1 Å². The molecule has 0 radical (unpaired) electrons. The Balaban J connectivity index is 1.81. The van der Waals surface area contributed by atoms with Crippen molar-refractivity contribution in [1.82, 2.24) is 9.21 Å². The standard InChI is InChI=1S/C20H30N2O4SSi/c1-16-7-9-18(10-8-16)27(24,25)22-13-17(14-28(3,4)15-22)12-21-11-5-6-19(21)20(23)26-2/h7-10,14,19H,5-6,11-13,15H2,1-4H3/t19-/m0/s1. The molecule has 0 bridgehead atoms. The van der Waals surface area contributed by atoms with Gasteiger partial charge in [-0.1, -0.05) is 36.5 Å². The number of rotatable bonds is 5. The minimum absolute atomic E-state index is 0.199. The highest BCUT2D eigenvalue weighted by Crippen LogP contribution is 2.27. The molecule has 2 aliphatic heterocycles. The first-order valence-electron chi connectivity index (χ1n) is 9.72. The lowest BCUT2D eigenvalue weighted by Gasteiger charge is -2.36. The number of nitrogens with zero attached hydrogens (tertiary/aromatic N) is 2. The highest BCUT2D eigenvalue weighted by atomic mass is 32.2. The molecule has 1 aromatic carbocycles. The van der Waals surface area contributed by atoms with E-state index >= 15 is 0 Å². The molecule has 6 nitrogen and oxygen atoms in total. The van der Waals surface area contributed by atoms with Crippen LogP contribution in [0.2, 0.25) is 13.1 Å². The minimum atomic E-state index is -3.53. The number of sulfonamides is 1. The second-order valence-corrected chi connectivity index (χ2v) is 15.0. The van der Waals surface area contributed by atoms with Crippen molar-refractivity contribution in [2.75, 3.05) is 32.9 Å². The molecule has 3 rings (SSSR count). The summed E-state index contributed by atoms with van der Waals surface area (Å²) in [4.78, 5) is 14.5. The molecule has 2 aliphatic rings. The molecule has 1 fully saturated rings. The minimum Gasteiger partial charge on any atom is -0.468 e. The van der Waals surface area contributed by atoms with Crippen LogP contribution in [0.15, 0.2) is 40.4 Å². The fraction of sp³-hybridized carbons (Fsp3) is 0.550. The van der Waals surface area contributed by atoms with Crippen molar-refractivity contribution >= 4 is 24.1 Å². The van der Waals surface area contributed by atoms with Gasteiger partial charge in [-0.25, -0.2) is 8.42 Å². The second-order valence-electron chi connectivity index (χ2n) is 8.53. The Labute approximate surface area is 169 Å². The van der Waals surface area contributed by atoms with Gasteiger partial charge in [0.25, 0.3) is 0 Å². The molecule has 28 heavy (non-hydrogen) atoms. The average molecular weight is 423 g/mol. The van der Waals surface area contributed by atoms with Crippen LogP contribution in [0.3, 0.4) is 0 Å². The molecule has 8 heteroatoms. The number of carbonyl (C=O) groups excluding carboxylic acids is 1. The van der Waals surface area contributed by atoms with E-state index in [0.717, 1.165) is 30.5 Å². The summed E-state index contributed by atoms with van der Waals surface area (Å²) in [7, 11) is -3.97. The highest BCUT2D eigenvalue weighted by molar-refractivity contribution is 7.89. The number of benzene rings is 1. The van der Waals surface area contributed by atoms with Crippen LogP contribution in [-0.4, -0.2) is 70.6 Å². The van der Waals surface area contributed by atoms with Gasteiger partial charge >= 0.3 is 5.97 Å². The van der Waals surface area contributed by atoms with Gasteiger partial charge in [0.05, 0.1) is 20.1 Å². The van der Waals surface area contributed by atoms with E-state index in [1.165, 1.54) is 7.11 Å². The smallest absolute Gasteiger partial charge is 0.323 e. The van der Waals surface area contributed by atoms with Gasteiger partial charge in [0, 0.05) is 19.3 Å². The largest absolute Gasteiger partial charge is 0.468 e. The van der Waals surface area contributed by atoms with Crippen LogP contribution < -0.4 is 0 Å². The van der Waals surface area contributed by atoms with Gasteiger partial charge < -0.3 is 4.74 Å². The molecule has 0 aliphatic carbocycles. The lowest BCUT2D eigenvalue weighted by Crippen LogP contribution is -2.50. The summed E-state index contributed by atoms with van der Waals surface area (Å²) < 4.78 is 33.0. The summed E-state index contributed by atoms with van der Waals surface area (Å²) in [6.07, 6.45) is 2.33. The van der Waals surface area contributed by atoms with Crippen molar-refractivity contribution in [2.24, 2.45) is 0 Å². The molecular formula is C20H30N2O4SSi. The van der Waals surface area contributed by atoms with Gasteiger partial charge in [0.1, 0.15) is 6.04 Å². The molecule has 1 aromatic rings.